The fraction of sp³-hybridized carbons (Fsp3) is 0.667. The molecule has 0 bridgehead atoms. The standard InChI is InChI=1S/C9H15N3O3/c1-9(2,10)5-12-4-7(14)11-6(13)3-8(12)15/h3-5,10H2,1-2H3,(H,11,13,14). The van der Waals surface area contributed by atoms with Crippen LogP contribution in [0.25, 0.3) is 0 Å². The predicted octanol–water partition coefficient (Wildman–Crippen LogP) is -1.40. The van der Waals surface area contributed by atoms with E-state index in [-0.39, 0.29) is 25.4 Å². The summed E-state index contributed by atoms with van der Waals surface area (Å²) in [6, 6.07) is 0. The Labute approximate surface area is 87.8 Å². The van der Waals surface area contributed by atoms with E-state index in [0.29, 0.717) is 0 Å². The zero-order valence-corrected chi connectivity index (χ0v) is 8.87. The molecule has 3 N–H and O–H groups in total. The van der Waals surface area contributed by atoms with Crippen LogP contribution >= 0.6 is 0 Å². The van der Waals surface area contributed by atoms with Gasteiger partial charge in [0.25, 0.3) is 0 Å². The summed E-state index contributed by atoms with van der Waals surface area (Å²) >= 11 is 0. The highest BCUT2D eigenvalue weighted by molar-refractivity contribution is 6.07. The second-order valence-corrected chi connectivity index (χ2v) is 4.39. The smallest absolute Gasteiger partial charge is 0.246 e. The van der Waals surface area contributed by atoms with Gasteiger partial charge in [0.2, 0.25) is 17.7 Å². The average molecular weight is 213 g/mol. The van der Waals surface area contributed by atoms with Crippen LogP contribution in [-0.2, 0) is 14.4 Å². The first-order chi connectivity index (χ1) is 6.78. The van der Waals surface area contributed by atoms with E-state index >= 15 is 0 Å². The summed E-state index contributed by atoms with van der Waals surface area (Å²) in [5.41, 5.74) is 5.17. The third kappa shape index (κ3) is 3.67. The number of nitrogens with zero attached hydrogens (tertiary/aromatic N) is 1. The fourth-order valence-corrected chi connectivity index (χ4v) is 1.39. The van der Waals surface area contributed by atoms with Gasteiger partial charge < -0.3 is 10.6 Å². The van der Waals surface area contributed by atoms with E-state index in [0.717, 1.165) is 0 Å². The van der Waals surface area contributed by atoms with Gasteiger partial charge in [-0.3, -0.25) is 19.7 Å². The van der Waals surface area contributed by atoms with Gasteiger partial charge >= 0.3 is 0 Å². The van der Waals surface area contributed by atoms with E-state index in [4.69, 9.17) is 5.73 Å². The monoisotopic (exact) mass is 213 g/mol. The molecule has 0 aromatic heterocycles. The predicted molar refractivity (Wildman–Crippen MR) is 52.6 cm³/mol. The molecule has 6 heteroatoms. The van der Waals surface area contributed by atoms with Crippen molar-refractivity contribution in [3.05, 3.63) is 0 Å². The lowest BCUT2D eigenvalue weighted by molar-refractivity contribution is -0.135. The van der Waals surface area contributed by atoms with Gasteiger partial charge in [-0.15, -0.1) is 0 Å². The molecule has 1 fully saturated rings. The maximum atomic E-state index is 11.5. The van der Waals surface area contributed by atoms with Crippen molar-refractivity contribution in [1.82, 2.24) is 10.2 Å². The zero-order chi connectivity index (χ0) is 11.6. The second kappa shape index (κ2) is 3.98. The Morgan fingerprint density at radius 1 is 1.33 bits per heavy atom. The number of rotatable bonds is 2. The summed E-state index contributed by atoms with van der Waals surface area (Å²) in [6.45, 7) is 3.66. The van der Waals surface area contributed by atoms with Crippen LogP contribution in [0, 0.1) is 0 Å². The third-order valence-corrected chi connectivity index (χ3v) is 1.88. The van der Waals surface area contributed by atoms with Crippen LogP contribution in [0.5, 0.6) is 0 Å². The lowest BCUT2D eigenvalue weighted by Crippen LogP contribution is -2.48. The maximum absolute atomic E-state index is 11.5. The second-order valence-electron chi connectivity index (χ2n) is 4.39. The molecule has 15 heavy (non-hydrogen) atoms. The number of imide groups is 1. The summed E-state index contributed by atoms with van der Waals surface area (Å²) < 4.78 is 0. The summed E-state index contributed by atoms with van der Waals surface area (Å²) in [5, 5.41) is 2.11. The molecule has 0 unspecified atom stereocenters. The molecule has 1 saturated heterocycles. The maximum Gasteiger partial charge on any atom is 0.246 e. The summed E-state index contributed by atoms with van der Waals surface area (Å²) in [7, 11) is 0. The summed E-state index contributed by atoms with van der Waals surface area (Å²) in [6.07, 6.45) is -0.290. The minimum atomic E-state index is -0.580. The van der Waals surface area contributed by atoms with Crippen molar-refractivity contribution in [3.63, 3.8) is 0 Å². The Balaban J connectivity index is 2.74. The van der Waals surface area contributed by atoms with Gasteiger partial charge in [-0.1, -0.05) is 0 Å². The Morgan fingerprint density at radius 3 is 2.47 bits per heavy atom. The van der Waals surface area contributed by atoms with Gasteiger partial charge in [-0.05, 0) is 13.8 Å². The molecule has 1 aliphatic heterocycles. The summed E-state index contributed by atoms with van der Waals surface area (Å²) in [4.78, 5) is 35.0. The molecule has 84 valence electrons. The van der Waals surface area contributed by atoms with E-state index in [1.165, 1.54) is 4.90 Å². The Bertz CT molecular complexity index is 306. The van der Waals surface area contributed by atoms with E-state index in [1.807, 2.05) is 0 Å². The van der Waals surface area contributed by atoms with Crippen molar-refractivity contribution in [2.24, 2.45) is 5.73 Å². The van der Waals surface area contributed by atoms with E-state index in [9.17, 15) is 14.4 Å². The van der Waals surface area contributed by atoms with Gasteiger partial charge in [0.15, 0.2) is 0 Å². The van der Waals surface area contributed by atoms with Gasteiger partial charge in [0, 0.05) is 12.1 Å². The van der Waals surface area contributed by atoms with Crippen molar-refractivity contribution >= 4 is 17.7 Å². The number of carbonyl (C=O) groups is 3. The topological polar surface area (TPSA) is 92.5 Å². The molecule has 0 aromatic rings. The van der Waals surface area contributed by atoms with Crippen molar-refractivity contribution < 1.29 is 14.4 Å². The first kappa shape index (κ1) is 11.6. The van der Waals surface area contributed by atoms with Crippen molar-refractivity contribution in [2.45, 2.75) is 25.8 Å². The lowest BCUT2D eigenvalue weighted by atomic mass is 10.1. The van der Waals surface area contributed by atoms with Crippen LogP contribution in [-0.4, -0.2) is 41.2 Å². The molecule has 0 atom stereocenters. The highest BCUT2D eigenvalue weighted by Crippen LogP contribution is 2.06. The molecule has 3 amide bonds. The van der Waals surface area contributed by atoms with Gasteiger partial charge in [-0.25, -0.2) is 0 Å². The molecule has 0 saturated carbocycles. The fourth-order valence-electron chi connectivity index (χ4n) is 1.39. The van der Waals surface area contributed by atoms with E-state index in [1.54, 1.807) is 13.8 Å². The number of nitrogens with two attached hydrogens (primary N) is 1. The largest absolute Gasteiger partial charge is 0.331 e. The Morgan fingerprint density at radius 2 is 1.93 bits per heavy atom. The van der Waals surface area contributed by atoms with Gasteiger partial charge in [0.05, 0.1) is 0 Å². The molecule has 1 heterocycles. The number of hydrogen-bond acceptors (Lipinski definition) is 4. The molecule has 1 aliphatic rings. The molecular weight excluding hydrogens is 198 g/mol. The highest BCUT2D eigenvalue weighted by atomic mass is 16.2. The molecule has 0 radical (unpaired) electrons. The zero-order valence-electron chi connectivity index (χ0n) is 8.87. The number of carbonyl (C=O) groups excluding carboxylic acids is 3. The van der Waals surface area contributed by atoms with E-state index < -0.39 is 17.4 Å². The lowest BCUT2D eigenvalue weighted by Gasteiger charge is -2.27. The normalized spacial score (nSPS) is 18.9. The van der Waals surface area contributed by atoms with Gasteiger partial charge in [0.1, 0.15) is 13.0 Å². The first-order valence-electron chi connectivity index (χ1n) is 4.67. The average Bonchev–Trinajstić information content (AvgIpc) is 2.07. The summed E-state index contributed by atoms with van der Waals surface area (Å²) in [5.74, 6) is -1.38. The first-order valence-corrected chi connectivity index (χ1v) is 4.67. The van der Waals surface area contributed by atoms with Crippen molar-refractivity contribution in [3.8, 4) is 0 Å². The molecule has 1 rings (SSSR count). The number of amides is 3. The SMILES string of the molecule is CC(C)(N)CN1CC(=O)NC(=O)CC1=O. The molecule has 0 spiro atoms. The van der Waals surface area contributed by atoms with Crippen LogP contribution in [0.15, 0.2) is 0 Å². The number of hydrogen-bond donors (Lipinski definition) is 2. The van der Waals surface area contributed by atoms with Crippen molar-refractivity contribution in [2.75, 3.05) is 13.1 Å². The van der Waals surface area contributed by atoms with Crippen LogP contribution in [0.4, 0.5) is 0 Å². The minimum Gasteiger partial charge on any atom is -0.331 e. The van der Waals surface area contributed by atoms with Crippen LogP contribution in [0.3, 0.4) is 0 Å². The van der Waals surface area contributed by atoms with Crippen molar-refractivity contribution in [1.29, 1.82) is 0 Å². The number of nitrogens with one attached hydrogen (secondary N) is 1. The molecular formula is C9H15N3O3. The van der Waals surface area contributed by atoms with Gasteiger partial charge in [-0.2, -0.15) is 0 Å². The Hall–Kier alpha value is -1.43. The van der Waals surface area contributed by atoms with Crippen LogP contribution in [0.1, 0.15) is 20.3 Å². The molecule has 0 aromatic carbocycles. The highest BCUT2D eigenvalue weighted by Gasteiger charge is 2.28. The third-order valence-electron chi connectivity index (χ3n) is 1.88. The Kier molecular flexibility index (Phi) is 3.09. The van der Waals surface area contributed by atoms with Crippen LogP contribution < -0.4 is 11.1 Å². The van der Waals surface area contributed by atoms with E-state index in [2.05, 4.69) is 5.32 Å². The molecule has 6 nitrogen and oxygen atoms in total. The minimum absolute atomic E-state index is 0.106. The van der Waals surface area contributed by atoms with Crippen LogP contribution in [0.2, 0.25) is 0 Å². The quantitative estimate of drug-likeness (QED) is 0.436. The molecule has 0 aliphatic carbocycles.